The Labute approximate surface area is 251 Å². The first-order valence-corrected chi connectivity index (χ1v) is 15.3. The van der Waals surface area contributed by atoms with Gasteiger partial charge in [-0.3, -0.25) is 13.8 Å². The van der Waals surface area contributed by atoms with Crippen LogP contribution in [0.25, 0.3) is 0 Å². The molecular weight excluding hydrogens is 622 g/mol. The molecular formula is C30H31F8NO4S. The molecule has 3 fully saturated rings. The largest absolute Gasteiger partial charge is 0.483 e. The van der Waals surface area contributed by atoms with Crippen molar-refractivity contribution >= 4 is 23.2 Å². The van der Waals surface area contributed by atoms with Crippen molar-refractivity contribution in [3.05, 3.63) is 65.0 Å². The summed E-state index contributed by atoms with van der Waals surface area (Å²) in [6.45, 7) is -0.165. The van der Waals surface area contributed by atoms with E-state index in [0.717, 1.165) is 44.2 Å². The van der Waals surface area contributed by atoms with Crippen LogP contribution in [0.5, 0.6) is 0 Å². The molecule has 44 heavy (non-hydrogen) atoms. The highest BCUT2D eigenvalue weighted by Crippen LogP contribution is 2.54. The number of alkyl halides is 7. The zero-order valence-corrected chi connectivity index (χ0v) is 24.2. The van der Waals surface area contributed by atoms with Crippen molar-refractivity contribution in [1.29, 1.82) is 0 Å². The monoisotopic (exact) mass is 653 g/mol. The van der Waals surface area contributed by atoms with Crippen LogP contribution < -0.4 is 0 Å². The van der Waals surface area contributed by atoms with Gasteiger partial charge in [0.25, 0.3) is 6.47 Å². The molecule has 1 N–H and O–H groups in total. The lowest BCUT2D eigenvalue weighted by molar-refractivity contribution is -0.348. The maximum atomic E-state index is 14.7. The quantitative estimate of drug-likeness (QED) is 0.259. The molecule has 1 amide bonds. The summed E-state index contributed by atoms with van der Waals surface area (Å²) in [7, 11) is -1.98. The predicted molar refractivity (Wildman–Crippen MR) is 144 cm³/mol. The van der Waals surface area contributed by atoms with Crippen LogP contribution in [-0.4, -0.2) is 52.0 Å². The van der Waals surface area contributed by atoms with Crippen LogP contribution in [0.3, 0.4) is 0 Å². The van der Waals surface area contributed by atoms with Crippen LogP contribution >= 0.6 is 0 Å². The fourth-order valence-corrected chi connectivity index (χ4v) is 7.91. The Balaban J connectivity index is 0.00000141. The van der Waals surface area contributed by atoms with Gasteiger partial charge in [0, 0.05) is 29.5 Å². The molecule has 0 spiro atoms. The van der Waals surface area contributed by atoms with Crippen LogP contribution in [0.15, 0.2) is 47.4 Å². The molecule has 5 rings (SSSR count). The first-order valence-electron chi connectivity index (χ1n) is 14.1. The summed E-state index contributed by atoms with van der Waals surface area (Å²) in [6.07, 6.45) is -6.67. The van der Waals surface area contributed by atoms with Crippen molar-refractivity contribution in [3.8, 4) is 0 Å². The summed E-state index contributed by atoms with van der Waals surface area (Å²) in [6, 6.07) is 6.73. The average molecular weight is 654 g/mol. The van der Waals surface area contributed by atoms with Gasteiger partial charge in [-0.25, -0.2) is 8.78 Å². The Kier molecular flexibility index (Phi) is 9.82. The SMILES string of the molecule is O=C(C1CCCCC1)N1CC[C@](c2ccc(C(F)(C(F)(F)F)C(F)(F)F)cc2)(S(=O)c2ccc(F)c(C3CC3)c2)C1.O=CO. The highest BCUT2D eigenvalue weighted by molar-refractivity contribution is 7.86. The second kappa shape index (κ2) is 12.8. The van der Waals surface area contributed by atoms with Crippen LogP contribution in [-0.2, 0) is 30.8 Å². The first-order chi connectivity index (χ1) is 20.6. The second-order valence-corrected chi connectivity index (χ2v) is 13.2. The molecule has 2 aromatic rings. The van der Waals surface area contributed by atoms with Crippen LogP contribution in [0.1, 0.15) is 74.0 Å². The van der Waals surface area contributed by atoms with Gasteiger partial charge in [-0.05, 0) is 67.3 Å². The molecule has 5 nitrogen and oxygen atoms in total. The normalized spacial score (nSPS) is 22.2. The van der Waals surface area contributed by atoms with E-state index in [1.807, 2.05) is 0 Å². The maximum absolute atomic E-state index is 14.7. The third kappa shape index (κ3) is 6.36. The molecule has 1 unspecified atom stereocenters. The number of carbonyl (C=O) groups excluding carboxylic acids is 1. The molecule has 1 heterocycles. The van der Waals surface area contributed by atoms with Gasteiger partial charge in [0.2, 0.25) is 5.91 Å². The zero-order valence-electron chi connectivity index (χ0n) is 23.4. The van der Waals surface area contributed by atoms with E-state index < -0.39 is 44.9 Å². The molecule has 0 bridgehead atoms. The van der Waals surface area contributed by atoms with E-state index in [0.29, 0.717) is 30.5 Å². The topological polar surface area (TPSA) is 74.7 Å². The number of carbonyl (C=O) groups is 2. The lowest BCUT2D eigenvalue weighted by Gasteiger charge is -2.33. The van der Waals surface area contributed by atoms with Gasteiger partial charge in [0.15, 0.2) is 0 Å². The van der Waals surface area contributed by atoms with Crippen molar-refractivity contribution in [1.82, 2.24) is 4.90 Å². The zero-order chi connectivity index (χ0) is 32.5. The molecule has 2 atom stereocenters. The van der Waals surface area contributed by atoms with Gasteiger partial charge in [-0.1, -0.05) is 43.5 Å². The molecule has 14 heteroatoms. The van der Waals surface area contributed by atoms with Crippen molar-refractivity contribution in [2.75, 3.05) is 13.1 Å². The summed E-state index contributed by atoms with van der Waals surface area (Å²) in [5.41, 5.74) is -6.73. The second-order valence-electron chi connectivity index (χ2n) is 11.4. The highest BCUT2D eigenvalue weighted by atomic mass is 32.2. The number of nitrogens with zero attached hydrogens (tertiary/aromatic N) is 1. The number of hydrogen-bond donors (Lipinski definition) is 1. The minimum Gasteiger partial charge on any atom is -0.483 e. The molecule has 0 radical (unpaired) electrons. The van der Waals surface area contributed by atoms with E-state index in [2.05, 4.69) is 0 Å². The predicted octanol–water partition coefficient (Wildman–Crippen LogP) is 7.51. The Hall–Kier alpha value is -3.03. The lowest BCUT2D eigenvalue weighted by Crippen LogP contribution is -2.50. The molecule has 2 saturated carbocycles. The van der Waals surface area contributed by atoms with Crippen molar-refractivity contribution in [3.63, 3.8) is 0 Å². The third-order valence-electron chi connectivity index (χ3n) is 8.64. The fourth-order valence-electron chi connectivity index (χ4n) is 6.13. The van der Waals surface area contributed by atoms with Gasteiger partial charge in [-0.15, -0.1) is 0 Å². The minimum absolute atomic E-state index is 0.0162. The van der Waals surface area contributed by atoms with E-state index in [1.54, 1.807) is 4.90 Å². The van der Waals surface area contributed by atoms with Crippen LogP contribution in [0, 0.1) is 11.7 Å². The molecule has 242 valence electrons. The molecule has 0 aromatic heterocycles. The van der Waals surface area contributed by atoms with Gasteiger partial charge in [0.05, 0.1) is 15.5 Å². The summed E-state index contributed by atoms with van der Waals surface area (Å²) in [5, 5.41) is 6.89. The van der Waals surface area contributed by atoms with Crippen molar-refractivity contribution in [2.24, 2.45) is 5.92 Å². The van der Waals surface area contributed by atoms with Crippen LogP contribution in [0.4, 0.5) is 35.1 Å². The van der Waals surface area contributed by atoms with E-state index in [1.165, 1.54) is 18.2 Å². The van der Waals surface area contributed by atoms with E-state index in [-0.39, 0.29) is 54.2 Å². The first kappa shape index (κ1) is 33.9. The molecule has 3 aliphatic rings. The van der Waals surface area contributed by atoms with Gasteiger partial charge in [0.1, 0.15) is 5.82 Å². The Morgan fingerprint density at radius 2 is 1.48 bits per heavy atom. The van der Waals surface area contributed by atoms with Gasteiger partial charge >= 0.3 is 18.0 Å². The maximum Gasteiger partial charge on any atom is 0.435 e. The Morgan fingerprint density at radius 1 is 0.909 bits per heavy atom. The fraction of sp³-hybridized carbons (Fsp3) is 0.533. The van der Waals surface area contributed by atoms with E-state index in [9.17, 15) is 44.1 Å². The number of hydrogen-bond acceptors (Lipinski definition) is 3. The number of rotatable bonds is 6. The standard InChI is InChI=1S/C29H29F8NO2S.CH2O2/c30-24-13-12-22(16-23(24)18-6-7-18)41(40)26(14-15-38(17-26)25(39)19-4-2-1-3-5-19)20-8-10-21(11-9-20)27(31,28(32,33)34)29(35,36)37;2-1-3/h8-13,16,18-19H,1-7,14-15,17H2;1H,(H,2,3)/t26-,41?;/m0./s1. The molecule has 2 aromatic carbocycles. The summed E-state index contributed by atoms with van der Waals surface area (Å²) < 4.78 is 122. The molecule has 1 saturated heterocycles. The lowest BCUT2D eigenvalue weighted by atomic mass is 9.88. The Morgan fingerprint density at radius 3 is 2.00 bits per heavy atom. The summed E-state index contributed by atoms with van der Waals surface area (Å²) in [4.78, 5) is 23.5. The Bertz CT molecular complexity index is 1360. The number of halogens is 8. The number of carboxylic acid groups (broad SMARTS) is 1. The third-order valence-corrected chi connectivity index (χ3v) is 10.6. The number of benzene rings is 2. The highest BCUT2D eigenvalue weighted by Gasteiger charge is 2.73. The average Bonchev–Trinajstić information content (AvgIpc) is 3.73. The molecule has 1 aliphatic heterocycles. The van der Waals surface area contributed by atoms with Crippen LogP contribution in [0.2, 0.25) is 0 Å². The smallest absolute Gasteiger partial charge is 0.435 e. The minimum atomic E-state index is -6.27. The summed E-state index contributed by atoms with van der Waals surface area (Å²) >= 11 is 0. The number of likely N-dealkylation sites (tertiary alicyclic amines) is 1. The van der Waals surface area contributed by atoms with Crippen molar-refractivity contribution < 1.29 is 54.0 Å². The van der Waals surface area contributed by atoms with Crippen molar-refractivity contribution in [2.45, 2.75) is 84.9 Å². The molecule has 2 aliphatic carbocycles. The van der Waals surface area contributed by atoms with E-state index >= 15 is 0 Å². The van der Waals surface area contributed by atoms with E-state index in [4.69, 9.17) is 9.90 Å². The van der Waals surface area contributed by atoms with Gasteiger partial charge in [-0.2, -0.15) is 26.3 Å². The summed E-state index contributed by atoms with van der Waals surface area (Å²) in [5.74, 6) is -0.813. The van der Waals surface area contributed by atoms with Gasteiger partial charge < -0.3 is 10.0 Å². The number of amides is 1.